The molecule has 0 aromatic heterocycles. The van der Waals surface area contributed by atoms with Crippen molar-refractivity contribution in [3.05, 3.63) is 75.3 Å². The molecule has 0 spiro atoms. The van der Waals surface area contributed by atoms with Crippen molar-refractivity contribution in [1.29, 1.82) is 5.53 Å². The lowest BCUT2D eigenvalue weighted by molar-refractivity contribution is -0.130. The van der Waals surface area contributed by atoms with E-state index in [9.17, 15) is 9.59 Å². The number of nitrogens with two attached hydrogens (primary N) is 1. The maximum absolute atomic E-state index is 13.5. The predicted molar refractivity (Wildman–Crippen MR) is 152 cm³/mol. The standard InChI is InChI=1S/C28H34Cl2N6O2/c1-28(2,3)20-11-13-21(14-12-20)36(25(37)16-15-22-23(29)5-4-6-24(22)30)17-18-7-9-19(10-8-18)26(38)33-27(34-31)35-32/h4-10,15-16,20-21,31H,11-14,17,32H2,1-3H3,(H,33,35,38)/b16-15+,34-31?. The van der Waals surface area contributed by atoms with E-state index in [0.29, 0.717) is 33.6 Å². The van der Waals surface area contributed by atoms with E-state index in [1.54, 1.807) is 36.4 Å². The molecule has 0 unspecified atom stereocenters. The molecule has 2 aromatic rings. The van der Waals surface area contributed by atoms with Gasteiger partial charge in [0.1, 0.15) is 0 Å². The SMILES string of the molecule is CC(C)(C)C1CCC(N(Cc2ccc(C(=O)N/C(N=N)=N/N)cc2)C(=O)/C=C/c2c(Cl)cccc2Cl)CC1. The molecule has 0 atom stereocenters. The number of hydrogen-bond donors (Lipinski definition) is 3. The molecule has 0 radical (unpaired) electrons. The lowest BCUT2D eigenvalue weighted by Gasteiger charge is -2.41. The van der Waals surface area contributed by atoms with Gasteiger partial charge in [-0.3, -0.25) is 14.9 Å². The van der Waals surface area contributed by atoms with Crippen LogP contribution in [0.5, 0.6) is 0 Å². The van der Waals surface area contributed by atoms with Gasteiger partial charge in [0, 0.05) is 39.8 Å². The lowest BCUT2D eigenvalue weighted by Crippen LogP contribution is -2.42. The van der Waals surface area contributed by atoms with Crippen LogP contribution in [-0.4, -0.2) is 28.7 Å². The number of nitrogens with one attached hydrogen (secondary N) is 2. The Kier molecular flexibility index (Phi) is 10.1. The summed E-state index contributed by atoms with van der Waals surface area (Å²) in [6, 6.07) is 12.3. The summed E-state index contributed by atoms with van der Waals surface area (Å²) in [5.74, 6) is 4.83. The van der Waals surface area contributed by atoms with Gasteiger partial charge in [-0.25, -0.2) is 5.53 Å². The van der Waals surface area contributed by atoms with E-state index in [0.717, 1.165) is 31.2 Å². The fourth-order valence-electron chi connectivity index (χ4n) is 4.78. The first kappa shape index (κ1) is 29.3. The Bertz CT molecular complexity index is 1190. The van der Waals surface area contributed by atoms with Crippen LogP contribution in [0, 0.1) is 16.9 Å². The highest BCUT2D eigenvalue weighted by Crippen LogP contribution is 2.39. The molecule has 0 bridgehead atoms. The van der Waals surface area contributed by atoms with Gasteiger partial charge < -0.3 is 10.7 Å². The van der Waals surface area contributed by atoms with Crippen molar-refractivity contribution in [1.82, 2.24) is 10.2 Å². The van der Waals surface area contributed by atoms with Gasteiger partial charge in [0.15, 0.2) is 0 Å². The minimum atomic E-state index is -0.482. The molecule has 3 rings (SSSR count). The van der Waals surface area contributed by atoms with Crippen LogP contribution in [0.4, 0.5) is 0 Å². The smallest absolute Gasteiger partial charge is 0.265 e. The van der Waals surface area contributed by atoms with Gasteiger partial charge in [0.05, 0.1) is 0 Å². The highest BCUT2D eigenvalue weighted by atomic mass is 35.5. The topological polar surface area (TPSA) is 124 Å². The molecular formula is C28H34Cl2N6O2. The zero-order valence-corrected chi connectivity index (χ0v) is 23.4. The van der Waals surface area contributed by atoms with Crippen molar-refractivity contribution in [2.24, 2.45) is 27.4 Å². The van der Waals surface area contributed by atoms with E-state index < -0.39 is 5.91 Å². The molecule has 0 saturated heterocycles. The molecular weight excluding hydrogens is 523 g/mol. The third-order valence-electron chi connectivity index (χ3n) is 7.06. The fourth-order valence-corrected chi connectivity index (χ4v) is 5.31. The molecule has 38 heavy (non-hydrogen) atoms. The monoisotopic (exact) mass is 556 g/mol. The van der Waals surface area contributed by atoms with Crippen molar-refractivity contribution < 1.29 is 9.59 Å². The van der Waals surface area contributed by atoms with Crippen molar-refractivity contribution in [3.8, 4) is 0 Å². The van der Waals surface area contributed by atoms with Gasteiger partial charge in [-0.1, -0.05) is 62.2 Å². The first-order valence-corrected chi connectivity index (χ1v) is 13.3. The van der Waals surface area contributed by atoms with Gasteiger partial charge in [-0.15, -0.1) is 10.2 Å². The number of carbonyl (C=O) groups is 2. The predicted octanol–water partition coefficient (Wildman–Crippen LogP) is 6.63. The van der Waals surface area contributed by atoms with Gasteiger partial charge >= 0.3 is 0 Å². The first-order valence-electron chi connectivity index (χ1n) is 12.5. The molecule has 2 amide bonds. The Morgan fingerprint density at radius 1 is 1.08 bits per heavy atom. The zero-order chi connectivity index (χ0) is 27.9. The Balaban J connectivity index is 1.81. The number of guanidine groups is 1. The molecule has 1 aliphatic rings. The minimum absolute atomic E-state index is 0.0948. The van der Waals surface area contributed by atoms with Crippen LogP contribution in [0.25, 0.3) is 6.08 Å². The number of carbonyl (C=O) groups excluding carboxylic acids is 2. The second kappa shape index (κ2) is 13.0. The summed E-state index contributed by atoms with van der Waals surface area (Å²) in [6.45, 7) is 7.21. The van der Waals surface area contributed by atoms with E-state index in [4.69, 9.17) is 34.6 Å². The minimum Gasteiger partial charge on any atom is -0.332 e. The van der Waals surface area contributed by atoms with Crippen LogP contribution < -0.4 is 11.2 Å². The first-order chi connectivity index (χ1) is 18.0. The van der Waals surface area contributed by atoms with E-state index in [-0.39, 0.29) is 23.3 Å². The Hall–Kier alpha value is -3.23. The van der Waals surface area contributed by atoms with Gasteiger partial charge in [-0.05, 0) is 72.9 Å². The molecule has 1 saturated carbocycles. The van der Waals surface area contributed by atoms with Crippen LogP contribution in [0.2, 0.25) is 10.0 Å². The summed E-state index contributed by atoms with van der Waals surface area (Å²) in [5, 5.41) is 9.60. The number of benzene rings is 2. The molecule has 2 aromatic carbocycles. The molecule has 1 fully saturated rings. The quantitative estimate of drug-likeness (QED) is 0.0922. The summed E-state index contributed by atoms with van der Waals surface area (Å²) in [7, 11) is 0. The van der Waals surface area contributed by atoms with Gasteiger partial charge in [0.2, 0.25) is 5.91 Å². The van der Waals surface area contributed by atoms with Gasteiger partial charge in [0.25, 0.3) is 11.9 Å². The van der Waals surface area contributed by atoms with Crippen molar-refractivity contribution in [2.45, 2.75) is 59.0 Å². The molecule has 1 aliphatic carbocycles. The summed E-state index contributed by atoms with van der Waals surface area (Å²) in [5.41, 5.74) is 9.05. The second-order valence-corrected chi connectivity index (χ2v) is 11.3. The van der Waals surface area contributed by atoms with Crippen LogP contribution in [0.1, 0.15) is 67.9 Å². The largest absolute Gasteiger partial charge is 0.332 e. The highest BCUT2D eigenvalue weighted by molar-refractivity contribution is 6.37. The zero-order valence-electron chi connectivity index (χ0n) is 21.9. The molecule has 0 aliphatic heterocycles. The highest BCUT2D eigenvalue weighted by Gasteiger charge is 2.33. The Morgan fingerprint density at radius 3 is 2.21 bits per heavy atom. The van der Waals surface area contributed by atoms with Gasteiger partial charge in [-0.2, -0.15) is 0 Å². The molecule has 10 heteroatoms. The average molecular weight is 558 g/mol. The number of hydrazone groups is 1. The van der Waals surface area contributed by atoms with Crippen molar-refractivity contribution in [2.75, 3.05) is 0 Å². The number of rotatable bonds is 6. The summed E-state index contributed by atoms with van der Waals surface area (Å²) >= 11 is 12.6. The van der Waals surface area contributed by atoms with Crippen LogP contribution in [0.3, 0.4) is 0 Å². The normalized spacial score (nSPS) is 18.3. The average Bonchev–Trinajstić information content (AvgIpc) is 2.89. The maximum Gasteiger partial charge on any atom is 0.265 e. The molecule has 4 N–H and O–H groups in total. The van der Waals surface area contributed by atoms with E-state index in [2.05, 4.69) is 36.3 Å². The summed E-state index contributed by atoms with van der Waals surface area (Å²) in [6.07, 6.45) is 7.16. The summed E-state index contributed by atoms with van der Waals surface area (Å²) in [4.78, 5) is 27.8. The molecule has 202 valence electrons. The van der Waals surface area contributed by atoms with E-state index in [1.165, 1.54) is 6.08 Å². The fraction of sp³-hybridized carbons (Fsp3) is 0.393. The van der Waals surface area contributed by atoms with Crippen molar-refractivity contribution in [3.63, 3.8) is 0 Å². The number of hydrogen-bond acceptors (Lipinski definition) is 5. The summed E-state index contributed by atoms with van der Waals surface area (Å²) < 4.78 is 0. The van der Waals surface area contributed by atoms with E-state index in [1.807, 2.05) is 17.0 Å². The third-order valence-corrected chi connectivity index (χ3v) is 7.72. The van der Waals surface area contributed by atoms with E-state index >= 15 is 0 Å². The number of halogens is 2. The molecule has 0 heterocycles. The van der Waals surface area contributed by atoms with Crippen LogP contribution in [0.15, 0.2) is 58.8 Å². The Labute approximate surface area is 233 Å². The van der Waals surface area contributed by atoms with Crippen molar-refractivity contribution >= 4 is 47.1 Å². The number of amides is 2. The molecule has 8 nitrogen and oxygen atoms in total. The van der Waals surface area contributed by atoms with Crippen LogP contribution >= 0.6 is 23.2 Å². The lowest BCUT2D eigenvalue weighted by atomic mass is 9.71. The Morgan fingerprint density at radius 2 is 1.68 bits per heavy atom. The maximum atomic E-state index is 13.5. The second-order valence-electron chi connectivity index (χ2n) is 10.5. The third kappa shape index (κ3) is 7.65. The van der Waals surface area contributed by atoms with Crippen LogP contribution in [-0.2, 0) is 11.3 Å². The number of nitrogens with zero attached hydrogens (tertiary/aromatic N) is 3.